The van der Waals surface area contributed by atoms with E-state index in [0.717, 1.165) is 40.8 Å². The summed E-state index contributed by atoms with van der Waals surface area (Å²) in [7, 11) is 1.85. The summed E-state index contributed by atoms with van der Waals surface area (Å²) in [5.41, 5.74) is 3.80. The third-order valence-electron chi connectivity index (χ3n) is 5.16. The molecule has 4 rings (SSSR count). The van der Waals surface area contributed by atoms with E-state index in [1.165, 1.54) is 12.8 Å². The summed E-state index contributed by atoms with van der Waals surface area (Å²) in [5, 5.41) is 3.95. The highest BCUT2D eigenvalue weighted by Crippen LogP contribution is 2.30. The predicted molar refractivity (Wildman–Crippen MR) is 106 cm³/mol. The fourth-order valence-electron chi connectivity index (χ4n) is 3.31. The number of fused-ring (bicyclic) bond motifs is 1. The molecule has 1 heterocycles. The minimum atomic E-state index is -0.170. The van der Waals surface area contributed by atoms with Crippen LogP contribution in [0.25, 0.3) is 10.9 Å². The number of nitrogens with one attached hydrogen (secondary N) is 1. The van der Waals surface area contributed by atoms with Gasteiger partial charge in [-0.25, -0.2) is 0 Å². The smallest absolute Gasteiger partial charge is 0.255 e. The first-order valence-corrected chi connectivity index (χ1v) is 9.15. The Morgan fingerprint density at radius 3 is 2.63 bits per heavy atom. The van der Waals surface area contributed by atoms with E-state index < -0.39 is 0 Å². The third kappa shape index (κ3) is 3.45. The number of benzene rings is 2. The van der Waals surface area contributed by atoms with Crippen LogP contribution in [0.2, 0.25) is 0 Å². The van der Waals surface area contributed by atoms with Crippen LogP contribution in [0.15, 0.2) is 42.5 Å². The van der Waals surface area contributed by atoms with Gasteiger partial charge in [-0.05, 0) is 67.6 Å². The number of aryl methyl sites for hydroxylation is 2. The van der Waals surface area contributed by atoms with Crippen molar-refractivity contribution in [2.45, 2.75) is 19.8 Å². The first-order valence-electron chi connectivity index (χ1n) is 9.15. The van der Waals surface area contributed by atoms with Gasteiger partial charge in [0, 0.05) is 23.7 Å². The van der Waals surface area contributed by atoms with Crippen LogP contribution >= 0.6 is 0 Å². The van der Waals surface area contributed by atoms with Gasteiger partial charge in [0.05, 0.1) is 17.8 Å². The second-order valence-electron chi connectivity index (χ2n) is 7.15. The lowest BCUT2D eigenvalue weighted by Crippen LogP contribution is -2.13. The Balaban J connectivity index is 1.52. The summed E-state index contributed by atoms with van der Waals surface area (Å²) in [6, 6.07) is 12.9. The Bertz CT molecular complexity index is 1010. The summed E-state index contributed by atoms with van der Waals surface area (Å²) in [6.45, 7) is 2.70. The zero-order valence-corrected chi connectivity index (χ0v) is 15.5. The molecule has 0 aliphatic heterocycles. The SMILES string of the molecule is Cc1c(NC(=O)c2ccc(OCC3CC3)cc2)ccc2cc(C=O)n(C)c12. The van der Waals surface area contributed by atoms with Gasteiger partial charge in [0.25, 0.3) is 5.91 Å². The molecule has 0 atom stereocenters. The van der Waals surface area contributed by atoms with Crippen LogP contribution in [0.1, 0.15) is 39.3 Å². The van der Waals surface area contributed by atoms with Crippen LogP contribution in [-0.4, -0.2) is 23.4 Å². The molecule has 1 aliphatic carbocycles. The largest absolute Gasteiger partial charge is 0.493 e. The van der Waals surface area contributed by atoms with Crippen molar-refractivity contribution in [1.29, 1.82) is 0 Å². The van der Waals surface area contributed by atoms with E-state index in [4.69, 9.17) is 4.74 Å². The molecule has 2 aromatic carbocycles. The van der Waals surface area contributed by atoms with Crippen molar-refractivity contribution in [3.05, 3.63) is 59.3 Å². The van der Waals surface area contributed by atoms with Gasteiger partial charge in [0.15, 0.2) is 6.29 Å². The summed E-state index contributed by atoms with van der Waals surface area (Å²) < 4.78 is 7.56. The van der Waals surface area contributed by atoms with E-state index in [9.17, 15) is 9.59 Å². The average Bonchev–Trinajstić information content (AvgIpc) is 3.45. The number of aromatic nitrogens is 1. The molecule has 1 aromatic heterocycles. The molecule has 0 saturated heterocycles. The topological polar surface area (TPSA) is 60.3 Å². The van der Waals surface area contributed by atoms with Crippen molar-refractivity contribution in [3.8, 4) is 5.75 Å². The number of carbonyl (C=O) groups excluding carboxylic acids is 2. The molecular weight excluding hydrogens is 340 g/mol. The van der Waals surface area contributed by atoms with E-state index in [2.05, 4.69) is 5.32 Å². The number of amides is 1. The molecule has 0 spiro atoms. The second kappa shape index (κ2) is 6.91. The van der Waals surface area contributed by atoms with E-state index in [0.29, 0.717) is 17.2 Å². The molecule has 1 N–H and O–H groups in total. The Hall–Kier alpha value is -3.08. The molecule has 1 aliphatic rings. The molecule has 27 heavy (non-hydrogen) atoms. The highest BCUT2D eigenvalue weighted by molar-refractivity contribution is 6.06. The molecule has 138 valence electrons. The summed E-state index contributed by atoms with van der Waals surface area (Å²) >= 11 is 0. The molecule has 3 aromatic rings. The van der Waals surface area contributed by atoms with E-state index in [1.807, 2.05) is 48.9 Å². The average molecular weight is 362 g/mol. The Labute approximate surface area is 157 Å². The molecule has 1 fully saturated rings. The van der Waals surface area contributed by atoms with Crippen molar-refractivity contribution in [1.82, 2.24) is 4.57 Å². The zero-order valence-electron chi connectivity index (χ0n) is 15.5. The van der Waals surface area contributed by atoms with Gasteiger partial charge in [0.2, 0.25) is 0 Å². The Kier molecular flexibility index (Phi) is 4.44. The van der Waals surface area contributed by atoms with Gasteiger partial charge in [-0.15, -0.1) is 0 Å². The lowest BCUT2D eigenvalue weighted by Gasteiger charge is -2.11. The number of nitrogens with zero attached hydrogens (tertiary/aromatic N) is 1. The standard InChI is InChI=1S/C22H22N2O3/c1-14-20(10-7-17-11-18(12-25)24(2)21(14)17)23-22(26)16-5-8-19(9-6-16)27-13-15-3-4-15/h5-12,15H,3-4,13H2,1-2H3,(H,23,26). The number of hydrogen-bond donors (Lipinski definition) is 1. The lowest BCUT2D eigenvalue weighted by atomic mass is 10.1. The highest BCUT2D eigenvalue weighted by Gasteiger charge is 2.22. The van der Waals surface area contributed by atoms with Gasteiger partial charge < -0.3 is 14.6 Å². The molecular formula is C22H22N2O3. The molecule has 5 nitrogen and oxygen atoms in total. The van der Waals surface area contributed by atoms with Gasteiger partial charge >= 0.3 is 0 Å². The van der Waals surface area contributed by atoms with Crippen LogP contribution in [0.3, 0.4) is 0 Å². The van der Waals surface area contributed by atoms with Crippen LogP contribution < -0.4 is 10.1 Å². The van der Waals surface area contributed by atoms with Crippen molar-refractivity contribution in [2.24, 2.45) is 13.0 Å². The van der Waals surface area contributed by atoms with Crippen molar-refractivity contribution in [2.75, 3.05) is 11.9 Å². The number of ether oxygens (including phenoxy) is 1. The van der Waals surface area contributed by atoms with Crippen molar-refractivity contribution in [3.63, 3.8) is 0 Å². The number of anilines is 1. The summed E-state index contributed by atoms with van der Waals surface area (Å²) in [6.07, 6.45) is 3.34. The Morgan fingerprint density at radius 2 is 1.96 bits per heavy atom. The number of rotatable bonds is 6. The lowest BCUT2D eigenvalue weighted by molar-refractivity contribution is 0.102. The van der Waals surface area contributed by atoms with Crippen LogP contribution in [0.5, 0.6) is 5.75 Å². The van der Waals surface area contributed by atoms with E-state index >= 15 is 0 Å². The summed E-state index contributed by atoms with van der Waals surface area (Å²) in [5.74, 6) is 1.32. The monoisotopic (exact) mass is 362 g/mol. The van der Waals surface area contributed by atoms with Gasteiger partial charge in [0.1, 0.15) is 5.75 Å². The summed E-state index contributed by atoms with van der Waals surface area (Å²) in [4.78, 5) is 23.8. The fraction of sp³-hybridized carbons (Fsp3) is 0.273. The predicted octanol–water partition coefficient (Wildman–Crippen LogP) is 4.34. The first kappa shape index (κ1) is 17.3. The molecule has 5 heteroatoms. The van der Waals surface area contributed by atoms with Crippen LogP contribution in [0, 0.1) is 12.8 Å². The quantitative estimate of drug-likeness (QED) is 0.664. The van der Waals surface area contributed by atoms with Crippen LogP contribution in [0.4, 0.5) is 5.69 Å². The molecule has 1 saturated carbocycles. The van der Waals surface area contributed by atoms with E-state index in [1.54, 1.807) is 12.1 Å². The van der Waals surface area contributed by atoms with E-state index in [-0.39, 0.29) is 5.91 Å². The zero-order chi connectivity index (χ0) is 19.0. The third-order valence-corrected chi connectivity index (χ3v) is 5.16. The van der Waals surface area contributed by atoms with Crippen molar-refractivity contribution >= 4 is 28.8 Å². The van der Waals surface area contributed by atoms with Gasteiger partial charge in [-0.3, -0.25) is 9.59 Å². The van der Waals surface area contributed by atoms with Gasteiger partial charge in [-0.2, -0.15) is 0 Å². The van der Waals surface area contributed by atoms with Crippen molar-refractivity contribution < 1.29 is 14.3 Å². The molecule has 0 unspecified atom stereocenters. The number of aldehydes is 1. The fourth-order valence-corrected chi connectivity index (χ4v) is 3.31. The normalized spacial score (nSPS) is 13.6. The molecule has 0 radical (unpaired) electrons. The van der Waals surface area contributed by atoms with Crippen LogP contribution in [-0.2, 0) is 7.05 Å². The van der Waals surface area contributed by atoms with Gasteiger partial charge in [-0.1, -0.05) is 6.07 Å². The molecule has 0 bridgehead atoms. The first-order chi connectivity index (χ1) is 13.1. The minimum absolute atomic E-state index is 0.170. The maximum atomic E-state index is 12.6. The second-order valence-corrected chi connectivity index (χ2v) is 7.15. The minimum Gasteiger partial charge on any atom is -0.493 e. The highest BCUT2D eigenvalue weighted by atomic mass is 16.5. The Morgan fingerprint density at radius 1 is 1.22 bits per heavy atom. The maximum absolute atomic E-state index is 12.6. The number of carbonyl (C=O) groups is 2. The molecule has 1 amide bonds. The number of hydrogen-bond acceptors (Lipinski definition) is 3. The maximum Gasteiger partial charge on any atom is 0.255 e.